The van der Waals surface area contributed by atoms with Crippen LogP contribution in [0.25, 0.3) is 0 Å². The molecule has 0 spiro atoms. The first-order chi connectivity index (χ1) is 6.38. The van der Waals surface area contributed by atoms with Crippen LogP contribution in [-0.2, 0) is 0 Å². The molecule has 0 radical (unpaired) electrons. The van der Waals surface area contributed by atoms with Gasteiger partial charge in [0.25, 0.3) is 0 Å². The summed E-state index contributed by atoms with van der Waals surface area (Å²) in [6.45, 7) is 4.58. The van der Waals surface area contributed by atoms with Gasteiger partial charge in [-0.1, -0.05) is 33.1 Å². The smallest absolute Gasteiger partial charge is 0.0530 e. The Morgan fingerprint density at radius 3 is 2.00 bits per heavy atom. The van der Waals surface area contributed by atoms with E-state index in [-0.39, 0.29) is 0 Å². The molecule has 1 aliphatic rings. The molecule has 0 atom stereocenters. The predicted octanol–water partition coefficient (Wildman–Crippen LogP) is 4.40. The highest BCUT2D eigenvalue weighted by molar-refractivity contribution is 8.17. The molecule has 1 aliphatic carbocycles. The zero-order valence-corrected chi connectivity index (χ0v) is 10.6. The lowest BCUT2D eigenvalue weighted by Crippen LogP contribution is -2.17. The molecule has 0 bridgehead atoms. The van der Waals surface area contributed by atoms with E-state index >= 15 is 0 Å². The van der Waals surface area contributed by atoms with Gasteiger partial charge in [-0.25, -0.2) is 0 Å². The molecule has 0 unspecified atom stereocenters. The van der Waals surface area contributed by atoms with Gasteiger partial charge in [0, 0.05) is 0 Å². The van der Waals surface area contributed by atoms with E-state index in [2.05, 4.69) is 37.4 Å². The van der Waals surface area contributed by atoms with Gasteiger partial charge in [0.1, 0.15) is 0 Å². The Morgan fingerprint density at radius 1 is 1.00 bits per heavy atom. The molecule has 1 fully saturated rings. The van der Waals surface area contributed by atoms with E-state index in [1.54, 1.807) is 0 Å². The first-order valence-electron chi connectivity index (χ1n) is 5.61. The van der Waals surface area contributed by atoms with Crippen LogP contribution >= 0.6 is 23.5 Å². The Balaban J connectivity index is 2.32. The summed E-state index contributed by atoms with van der Waals surface area (Å²) in [5.41, 5.74) is 0. The molecule has 1 rings (SSSR count). The highest BCUT2D eigenvalue weighted by Gasteiger charge is 2.22. The fourth-order valence-corrected chi connectivity index (χ4v) is 5.00. The summed E-state index contributed by atoms with van der Waals surface area (Å²) in [6.07, 6.45) is 7.43. The maximum absolute atomic E-state index is 2.29. The Morgan fingerprint density at radius 2 is 1.54 bits per heavy atom. The van der Waals surface area contributed by atoms with Gasteiger partial charge in [-0.15, -0.1) is 23.5 Å². The van der Waals surface area contributed by atoms with Crippen LogP contribution in [-0.4, -0.2) is 16.1 Å². The largest absolute Gasteiger partial charge is 0.148 e. The molecule has 78 valence electrons. The number of rotatable bonds is 5. The third-order valence-corrected chi connectivity index (χ3v) is 5.61. The molecule has 2 heteroatoms. The maximum atomic E-state index is 2.29. The molecular weight excluding hydrogens is 196 g/mol. The van der Waals surface area contributed by atoms with Gasteiger partial charge < -0.3 is 0 Å². The van der Waals surface area contributed by atoms with Crippen LogP contribution in [0.5, 0.6) is 0 Å². The standard InChI is InChI=1S/C11H22S2/c1-3-12-11(13-4-2)10-8-6-5-7-9-10/h10-11H,3-9H2,1-2H3. The minimum atomic E-state index is 0.898. The fourth-order valence-electron chi connectivity index (χ4n) is 2.06. The zero-order chi connectivity index (χ0) is 9.52. The summed E-state index contributed by atoms with van der Waals surface area (Å²) < 4.78 is 0.898. The zero-order valence-electron chi connectivity index (χ0n) is 8.92. The third kappa shape index (κ3) is 4.16. The molecule has 0 amide bonds. The molecule has 0 aliphatic heterocycles. The fraction of sp³-hybridized carbons (Fsp3) is 1.00. The van der Waals surface area contributed by atoms with Gasteiger partial charge in [0.05, 0.1) is 4.58 Å². The monoisotopic (exact) mass is 218 g/mol. The summed E-state index contributed by atoms with van der Waals surface area (Å²) >= 11 is 4.34. The van der Waals surface area contributed by atoms with Crippen LogP contribution in [0.1, 0.15) is 46.0 Å². The molecule has 0 heterocycles. The van der Waals surface area contributed by atoms with E-state index in [0.717, 1.165) is 10.5 Å². The van der Waals surface area contributed by atoms with Gasteiger partial charge in [-0.05, 0) is 30.3 Å². The normalized spacial score (nSPS) is 19.6. The summed E-state index contributed by atoms with van der Waals surface area (Å²) in [6, 6.07) is 0. The lowest BCUT2D eigenvalue weighted by Gasteiger charge is -2.28. The highest BCUT2D eigenvalue weighted by atomic mass is 32.2. The van der Waals surface area contributed by atoms with Crippen molar-refractivity contribution < 1.29 is 0 Å². The lowest BCUT2D eigenvalue weighted by atomic mass is 9.91. The topological polar surface area (TPSA) is 0 Å². The van der Waals surface area contributed by atoms with Crippen LogP contribution in [0, 0.1) is 5.92 Å². The number of thioether (sulfide) groups is 2. The van der Waals surface area contributed by atoms with Crippen molar-refractivity contribution in [3.8, 4) is 0 Å². The molecule has 13 heavy (non-hydrogen) atoms. The average molecular weight is 218 g/mol. The molecule has 0 aromatic rings. The second-order valence-corrected chi connectivity index (χ2v) is 6.81. The maximum Gasteiger partial charge on any atom is 0.0530 e. The van der Waals surface area contributed by atoms with E-state index in [1.165, 1.54) is 43.6 Å². The summed E-state index contributed by atoms with van der Waals surface area (Å²) in [4.78, 5) is 0. The van der Waals surface area contributed by atoms with Crippen molar-refractivity contribution >= 4 is 23.5 Å². The minimum absolute atomic E-state index is 0.898. The van der Waals surface area contributed by atoms with Gasteiger partial charge in [-0.3, -0.25) is 0 Å². The van der Waals surface area contributed by atoms with Crippen molar-refractivity contribution in [1.82, 2.24) is 0 Å². The quantitative estimate of drug-likeness (QED) is 0.627. The Labute approximate surface area is 91.6 Å². The Hall–Kier alpha value is 0.700. The second-order valence-electron chi connectivity index (χ2n) is 3.68. The van der Waals surface area contributed by atoms with Crippen molar-refractivity contribution in [2.24, 2.45) is 5.92 Å². The summed E-state index contributed by atoms with van der Waals surface area (Å²) in [5, 5.41) is 0. The van der Waals surface area contributed by atoms with E-state index < -0.39 is 0 Å². The van der Waals surface area contributed by atoms with Crippen molar-refractivity contribution in [3.05, 3.63) is 0 Å². The van der Waals surface area contributed by atoms with Crippen LogP contribution in [0.4, 0.5) is 0 Å². The minimum Gasteiger partial charge on any atom is -0.148 e. The van der Waals surface area contributed by atoms with Crippen LogP contribution < -0.4 is 0 Å². The van der Waals surface area contributed by atoms with Crippen LogP contribution in [0.15, 0.2) is 0 Å². The molecule has 0 aromatic carbocycles. The second kappa shape index (κ2) is 7.05. The van der Waals surface area contributed by atoms with Gasteiger partial charge in [0.2, 0.25) is 0 Å². The van der Waals surface area contributed by atoms with Crippen molar-refractivity contribution in [2.45, 2.75) is 50.5 Å². The molecule has 0 aromatic heterocycles. The third-order valence-electron chi connectivity index (χ3n) is 2.70. The van der Waals surface area contributed by atoms with E-state index in [9.17, 15) is 0 Å². The molecule has 0 N–H and O–H groups in total. The Bertz CT molecular complexity index is 113. The predicted molar refractivity (Wildman–Crippen MR) is 66.6 cm³/mol. The van der Waals surface area contributed by atoms with Crippen molar-refractivity contribution in [1.29, 1.82) is 0 Å². The molecule has 0 saturated heterocycles. The first-order valence-corrected chi connectivity index (χ1v) is 7.71. The van der Waals surface area contributed by atoms with Gasteiger partial charge in [-0.2, -0.15) is 0 Å². The van der Waals surface area contributed by atoms with Crippen LogP contribution in [0.2, 0.25) is 0 Å². The van der Waals surface area contributed by atoms with Gasteiger partial charge >= 0.3 is 0 Å². The average Bonchev–Trinajstić information content (AvgIpc) is 2.19. The summed E-state index contributed by atoms with van der Waals surface area (Å²) in [5.74, 6) is 3.59. The molecular formula is C11H22S2. The Kier molecular flexibility index (Phi) is 6.39. The van der Waals surface area contributed by atoms with Gasteiger partial charge in [0.15, 0.2) is 0 Å². The number of hydrogen-bond donors (Lipinski definition) is 0. The van der Waals surface area contributed by atoms with Crippen molar-refractivity contribution in [2.75, 3.05) is 11.5 Å². The van der Waals surface area contributed by atoms with E-state index in [4.69, 9.17) is 0 Å². The molecule has 1 saturated carbocycles. The summed E-state index contributed by atoms with van der Waals surface area (Å²) in [7, 11) is 0. The van der Waals surface area contributed by atoms with E-state index in [0.29, 0.717) is 0 Å². The van der Waals surface area contributed by atoms with Crippen LogP contribution in [0.3, 0.4) is 0 Å². The highest BCUT2D eigenvalue weighted by Crippen LogP contribution is 2.38. The number of hydrogen-bond acceptors (Lipinski definition) is 2. The lowest BCUT2D eigenvalue weighted by molar-refractivity contribution is 0.381. The van der Waals surface area contributed by atoms with Crippen molar-refractivity contribution in [3.63, 3.8) is 0 Å². The van der Waals surface area contributed by atoms with E-state index in [1.807, 2.05) is 0 Å². The molecule has 0 nitrogen and oxygen atoms in total. The first kappa shape index (κ1) is 11.8. The SMILES string of the molecule is CCSC(SCC)C1CCCCC1.